The number of allylic oxidation sites excluding steroid dienone is 5. The Morgan fingerprint density at radius 1 is 0.340 bits per heavy atom. The van der Waals surface area contributed by atoms with Crippen molar-refractivity contribution in [1.29, 1.82) is 0 Å². The molecule has 10 N–H and O–H groups in total. The van der Waals surface area contributed by atoms with E-state index in [-0.39, 0.29) is 119 Å². The normalized spacial score (nSPS) is 14.4. The maximum atomic E-state index is 13.1. The molecule has 9 aromatic rings. The fourth-order valence-corrected chi connectivity index (χ4v) is 20.9. The van der Waals surface area contributed by atoms with Crippen LogP contribution in [0, 0.1) is 19.7 Å². The first-order valence-electron chi connectivity index (χ1n) is 49.2. The number of aryl methyl sites for hydroxylation is 2. The Morgan fingerprint density at radius 2 is 0.688 bits per heavy atom. The molecule has 0 heterocycles. The monoisotopic (exact) mass is 2040 g/mol. The molecule has 0 aliphatic heterocycles. The van der Waals surface area contributed by atoms with Gasteiger partial charge in [0.05, 0.1) is 73.9 Å². The molecule has 0 bridgehead atoms. The van der Waals surface area contributed by atoms with E-state index in [4.69, 9.17) is 42.0 Å². The second-order valence-electron chi connectivity index (χ2n) is 36.6. The van der Waals surface area contributed by atoms with Crippen LogP contribution in [0.25, 0.3) is 27.9 Å². The minimum absolute atomic E-state index is 0.0462. The molecule has 9 aromatic carbocycles. The molecule has 0 saturated carbocycles. The molecular weight excluding hydrogens is 1890 g/mol. The number of benzene rings is 9. The zero-order valence-corrected chi connectivity index (χ0v) is 90.6. The van der Waals surface area contributed by atoms with E-state index in [2.05, 4.69) is 153 Å². The fourth-order valence-electron chi connectivity index (χ4n) is 18.2. The summed E-state index contributed by atoms with van der Waals surface area (Å²) < 4.78 is 47.0. The summed E-state index contributed by atoms with van der Waals surface area (Å²) in [5, 5.41) is 25.9. The van der Waals surface area contributed by atoms with Crippen molar-refractivity contribution in [2.24, 2.45) is 0 Å². The third-order valence-electron chi connectivity index (χ3n) is 26.2. The van der Waals surface area contributed by atoms with Crippen LogP contribution in [0.2, 0.25) is 10.0 Å². The topological polar surface area (TPSA) is 326 Å². The average Bonchev–Trinajstić information content (AvgIpc) is 1.65. The molecule has 22 nitrogen and oxygen atoms in total. The molecule has 0 spiro atoms. The molecule has 0 amide bonds. The van der Waals surface area contributed by atoms with Gasteiger partial charge in [-0.15, -0.1) is 0 Å². The van der Waals surface area contributed by atoms with Crippen LogP contribution >= 0.6 is 38.4 Å². The second-order valence-corrected chi connectivity index (χ2v) is 41.2. The number of nitrogens with one attached hydrogen (secondary N) is 8. The number of ketones is 8. The van der Waals surface area contributed by atoms with Crippen LogP contribution in [0.4, 0.5) is 4.39 Å². The molecule has 5 aliphatic carbocycles. The van der Waals surface area contributed by atoms with Gasteiger partial charge >= 0.3 is 15.2 Å². The van der Waals surface area contributed by atoms with Gasteiger partial charge in [-0.2, -0.15) is 0 Å². The van der Waals surface area contributed by atoms with Crippen molar-refractivity contribution in [2.75, 3.05) is 69.6 Å². The van der Waals surface area contributed by atoms with Gasteiger partial charge in [0, 0.05) is 16.0 Å². The molecule has 0 fully saturated rings. The van der Waals surface area contributed by atoms with Crippen LogP contribution in [-0.4, -0.2) is 174 Å². The van der Waals surface area contributed by atoms with Gasteiger partial charge in [0.15, 0.2) is 0 Å². The van der Waals surface area contributed by atoms with E-state index < -0.39 is 15.2 Å². The number of rotatable bonds is 41. The lowest BCUT2D eigenvalue weighted by Gasteiger charge is -2.26. The highest BCUT2D eigenvalue weighted by molar-refractivity contribution is 7.53. The molecule has 0 saturated heterocycles. The molecule has 27 heteroatoms. The van der Waals surface area contributed by atoms with Gasteiger partial charge in [0.25, 0.3) is 0 Å². The molecule has 14 rings (SSSR count). The number of likely N-dealkylation sites (N-methyl/N-ethyl adjacent to an activating group) is 8. The molecule has 8 atom stereocenters. The van der Waals surface area contributed by atoms with Crippen molar-refractivity contribution in [3.63, 3.8) is 0 Å². The average molecular weight is 2040 g/mol. The molecule has 144 heavy (non-hydrogen) atoms. The van der Waals surface area contributed by atoms with Crippen molar-refractivity contribution >= 4 is 113 Å². The number of hydrogen-bond donors (Lipinski definition) is 10. The summed E-state index contributed by atoms with van der Waals surface area (Å²) in [5.74, 6) is 1.06. The van der Waals surface area contributed by atoms with Crippen LogP contribution in [0.1, 0.15) is 207 Å². The van der Waals surface area contributed by atoms with E-state index in [1.54, 1.807) is 120 Å². The Kier molecular flexibility index (Phi) is 50.7. The predicted molar refractivity (Wildman–Crippen MR) is 587 cm³/mol. The van der Waals surface area contributed by atoms with Crippen molar-refractivity contribution in [3.05, 3.63) is 347 Å². The summed E-state index contributed by atoms with van der Waals surface area (Å²) in [7, 11) is 7.38. The minimum Gasteiger partial charge on any atom is -0.324 e. The maximum absolute atomic E-state index is 13.1. The smallest absolute Gasteiger partial charge is 0.324 e. The Bertz CT molecular complexity index is 5920. The summed E-state index contributed by atoms with van der Waals surface area (Å²) in [5.41, 5.74) is 27.2. The van der Waals surface area contributed by atoms with Crippen molar-refractivity contribution in [2.45, 2.75) is 227 Å². The van der Waals surface area contributed by atoms with Crippen molar-refractivity contribution in [1.82, 2.24) is 42.5 Å². The molecule has 4 unspecified atom stereocenters. The zero-order chi connectivity index (χ0) is 106. The maximum Gasteiger partial charge on any atom is 0.335 e. The fraction of sp³-hybridized carbons (Fsp3) is 0.385. The summed E-state index contributed by atoms with van der Waals surface area (Å²) in [4.78, 5) is 109. The Morgan fingerprint density at radius 3 is 1.10 bits per heavy atom. The number of carbonyl (C=O) groups is 8. The summed E-state index contributed by atoms with van der Waals surface area (Å²) in [6.07, 6.45) is 20.6. The van der Waals surface area contributed by atoms with E-state index in [1.807, 2.05) is 126 Å². The third-order valence-corrected chi connectivity index (χ3v) is 29.5. The number of carbonyl (C=O) groups excluding carboxylic acids is 8. The van der Waals surface area contributed by atoms with Gasteiger partial charge in [-0.05, 0) is 381 Å². The first kappa shape index (κ1) is 120. The van der Waals surface area contributed by atoms with E-state index in [1.165, 1.54) is 90.9 Å². The standard InChI is InChI=1S/C17H19NO.C16H26NO4P.2C15H19NO.2C14H16ClNO.C14H16FNO.C12H18NO4P/c1-13(19)17(18-2)16(14-9-5-3-6-10-14)15-11-7-4-8-12-15;1-5-20-22(19,21-6-2)12-15-9-7-14(8-10-15)11-16(17-4)13(3)18;1-10-5-4-6-14-12(7-8-13(10)14)9-15(16-3)11(2)17;1-10-5-4-6-12-7-8-13(15(10)12)9-14(16-3)11(2)17;1-9(17)14(16-2)8-11-4-3-10-7-12(15)5-6-13(10)11;1-9(17)14(16-2)7-11-4-3-10-5-6-12(15)8-13(10)11;1-9(17)14(16-2)8-11-4-3-10-7-12(15)5-6-13(10)11;1-9(14)12(13-2)7-10-3-5-11(6-4-10)8-18(15,16)17/h3-12,16-18H,1-2H3;7-10,16-17H,5-6,11-12H2,1-4H3;4-7,15-16H,8-9H2,1-3H3;4-6,8,14,16H,7,9H2,1-3H3;4-7,14,16H,3,8H2,1-2H3;4-6,8,14,16H,3,7H2,1-2H3;4-7,14,16H,3,8H2,1-2H3;3-6,12-13H,7-8H2,1-2H3,(H2,15,16,17)/t17-;16-;;;14-;;;12-/m10..0..0/s1. The third kappa shape index (κ3) is 37.8. The summed E-state index contributed by atoms with van der Waals surface area (Å²) >= 11 is 12.0. The van der Waals surface area contributed by atoms with Crippen molar-refractivity contribution < 1.29 is 70.7 Å². The molecular formula is C117H149Cl2FN8O14P2. The van der Waals surface area contributed by atoms with Crippen LogP contribution in [0.15, 0.2) is 231 Å². The molecule has 0 aromatic heterocycles. The number of Topliss-reactive ketones (excluding diaryl/α,β-unsaturated/α-hetero) is 8. The highest BCUT2D eigenvalue weighted by Gasteiger charge is 2.31. The predicted octanol–water partition coefficient (Wildman–Crippen LogP) is 20.3. The first-order chi connectivity index (χ1) is 68.6. The zero-order valence-electron chi connectivity index (χ0n) is 87.3. The van der Waals surface area contributed by atoms with Gasteiger partial charge in [0.2, 0.25) is 0 Å². The van der Waals surface area contributed by atoms with E-state index in [0.717, 1.165) is 112 Å². The van der Waals surface area contributed by atoms with Gasteiger partial charge in [-0.1, -0.05) is 217 Å². The number of fused-ring (bicyclic) bond motifs is 5. The number of halogens is 3. The largest absolute Gasteiger partial charge is 0.335 e. The van der Waals surface area contributed by atoms with E-state index >= 15 is 0 Å². The summed E-state index contributed by atoms with van der Waals surface area (Å²) in [6, 6.07) is 63.5. The molecule has 0 radical (unpaired) electrons. The lowest BCUT2D eigenvalue weighted by molar-refractivity contribution is -0.119. The minimum atomic E-state index is -4.02. The highest BCUT2D eigenvalue weighted by atomic mass is 35.5. The van der Waals surface area contributed by atoms with Gasteiger partial charge in [-0.25, -0.2) is 4.39 Å². The van der Waals surface area contributed by atoms with Crippen LogP contribution in [-0.2, 0) is 114 Å². The lowest BCUT2D eigenvalue weighted by Crippen LogP contribution is -2.38. The molecule has 5 aliphatic rings. The van der Waals surface area contributed by atoms with Gasteiger partial charge < -0.3 is 61.4 Å². The van der Waals surface area contributed by atoms with E-state index in [0.29, 0.717) is 38.0 Å². The van der Waals surface area contributed by atoms with E-state index in [9.17, 15) is 51.9 Å². The summed E-state index contributed by atoms with van der Waals surface area (Å²) in [6.45, 7) is 21.5. The number of hydrogen-bond acceptors (Lipinski definition) is 20. The van der Waals surface area contributed by atoms with Gasteiger partial charge in [-0.3, -0.25) is 47.5 Å². The van der Waals surface area contributed by atoms with Crippen LogP contribution in [0.5, 0.6) is 0 Å². The van der Waals surface area contributed by atoms with Gasteiger partial charge in [0.1, 0.15) is 52.1 Å². The quantitative estimate of drug-likeness (QED) is 0.0159. The second kappa shape index (κ2) is 60.6. The molecule has 772 valence electrons. The van der Waals surface area contributed by atoms with Crippen molar-refractivity contribution in [3.8, 4) is 0 Å². The highest BCUT2D eigenvalue weighted by Crippen LogP contribution is 2.51. The van der Waals surface area contributed by atoms with Crippen LogP contribution < -0.4 is 42.5 Å². The Labute approximate surface area is 863 Å². The SMILES string of the molecule is CCOP(=O)(Cc1ccc(C[C@H](NC)C(C)=O)cc1)OCC.CNC(CC1=CCc2c(C)cccc21)C(C)=O.CNC(CC1=CCc2cc(F)ccc21)C(C)=O.CNC(CC1=CCc2ccc(Cl)cc21)C(C)=O.CNC(CC1=CCc2cccc(C)c21)C(C)=O.CN[C@@H](CC1=CCc2cc(Cl)ccc21)C(C)=O.CN[C@@H](Cc1ccc(CP(=O)(O)O)cc1)C(C)=O.CN[C@H](C(C)=O)C(c1ccccc1)c1ccccc1. The lowest BCUT2D eigenvalue weighted by atomic mass is 9.83. The van der Waals surface area contributed by atoms with Crippen LogP contribution in [0.3, 0.4) is 0 Å². The first-order valence-corrected chi connectivity index (χ1v) is 53.5. The Balaban J connectivity index is 0.000000223. The Hall–Kier alpha value is -10.5.